The first kappa shape index (κ1) is 13.1. The van der Waals surface area contributed by atoms with Crippen molar-refractivity contribution in [3.8, 4) is 0 Å². The van der Waals surface area contributed by atoms with Crippen molar-refractivity contribution in [3.05, 3.63) is 33.3 Å². The Balaban J connectivity index is 2.24. The summed E-state index contributed by atoms with van der Waals surface area (Å²) >= 11 is 5.93. The van der Waals surface area contributed by atoms with Crippen molar-refractivity contribution in [2.45, 2.75) is 26.2 Å². The SMILES string of the molecule is CCC1CCN(c2cccc(Cl)c2[N+](=O)[O-])CC1. The van der Waals surface area contributed by atoms with E-state index in [1.807, 2.05) is 0 Å². The van der Waals surface area contributed by atoms with E-state index in [4.69, 9.17) is 11.6 Å². The maximum absolute atomic E-state index is 11.1. The van der Waals surface area contributed by atoms with Crippen molar-refractivity contribution in [3.63, 3.8) is 0 Å². The van der Waals surface area contributed by atoms with Gasteiger partial charge in [0.05, 0.1) is 4.92 Å². The lowest BCUT2D eigenvalue weighted by Crippen LogP contribution is -2.33. The van der Waals surface area contributed by atoms with Crippen molar-refractivity contribution in [2.75, 3.05) is 18.0 Å². The molecular weight excluding hydrogens is 252 g/mol. The van der Waals surface area contributed by atoms with Gasteiger partial charge in [0.25, 0.3) is 0 Å². The molecule has 1 aliphatic rings. The van der Waals surface area contributed by atoms with Gasteiger partial charge in [-0.3, -0.25) is 10.1 Å². The lowest BCUT2D eigenvalue weighted by Gasteiger charge is -2.32. The van der Waals surface area contributed by atoms with E-state index in [9.17, 15) is 10.1 Å². The zero-order valence-electron chi connectivity index (χ0n) is 10.4. The van der Waals surface area contributed by atoms with E-state index in [0.29, 0.717) is 5.69 Å². The number of benzene rings is 1. The van der Waals surface area contributed by atoms with E-state index in [0.717, 1.165) is 31.8 Å². The number of rotatable bonds is 3. The number of hydrogen-bond acceptors (Lipinski definition) is 3. The Morgan fingerprint density at radius 2 is 2.11 bits per heavy atom. The number of nitrogens with zero attached hydrogens (tertiary/aromatic N) is 2. The number of halogens is 1. The molecule has 1 aliphatic heterocycles. The van der Waals surface area contributed by atoms with Gasteiger partial charge in [-0.05, 0) is 30.9 Å². The van der Waals surface area contributed by atoms with Crippen LogP contribution in [0.2, 0.25) is 5.02 Å². The highest BCUT2D eigenvalue weighted by atomic mass is 35.5. The highest BCUT2D eigenvalue weighted by Crippen LogP contribution is 2.36. The topological polar surface area (TPSA) is 46.4 Å². The van der Waals surface area contributed by atoms with Crippen molar-refractivity contribution in [2.24, 2.45) is 5.92 Å². The van der Waals surface area contributed by atoms with Crippen LogP contribution in [-0.4, -0.2) is 18.0 Å². The summed E-state index contributed by atoms with van der Waals surface area (Å²) in [7, 11) is 0. The normalized spacial score (nSPS) is 16.9. The van der Waals surface area contributed by atoms with Crippen LogP contribution in [0.15, 0.2) is 18.2 Å². The van der Waals surface area contributed by atoms with Crippen LogP contribution >= 0.6 is 11.6 Å². The van der Waals surface area contributed by atoms with Crippen LogP contribution in [0.5, 0.6) is 0 Å². The molecule has 2 rings (SSSR count). The first-order valence-electron chi connectivity index (χ1n) is 6.31. The van der Waals surface area contributed by atoms with Crippen LogP contribution in [0.25, 0.3) is 0 Å². The number of piperidine rings is 1. The van der Waals surface area contributed by atoms with Crippen LogP contribution in [0.4, 0.5) is 11.4 Å². The minimum absolute atomic E-state index is 0.0362. The van der Waals surface area contributed by atoms with E-state index >= 15 is 0 Å². The van der Waals surface area contributed by atoms with Gasteiger partial charge in [-0.1, -0.05) is 31.0 Å². The summed E-state index contributed by atoms with van der Waals surface area (Å²) in [4.78, 5) is 12.8. The van der Waals surface area contributed by atoms with Crippen molar-refractivity contribution in [1.29, 1.82) is 0 Å². The number of para-hydroxylation sites is 1. The predicted octanol–water partition coefficient (Wildman–Crippen LogP) is 3.87. The smallest absolute Gasteiger partial charge is 0.310 e. The fourth-order valence-corrected chi connectivity index (χ4v) is 2.76. The van der Waals surface area contributed by atoms with Gasteiger partial charge in [-0.2, -0.15) is 0 Å². The summed E-state index contributed by atoms with van der Waals surface area (Å²) in [6, 6.07) is 5.13. The molecule has 1 aromatic carbocycles. The third-order valence-corrected chi connectivity index (χ3v) is 3.99. The van der Waals surface area contributed by atoms with Gasteiger partial charge in [-0.15, -0.1) is 0 Å². The fourth-order valence-electron chi connectivity index (χ4n) is 2.52. The van der Waals surface area contributed by atoms with E-state index < -0.39 is 0 Å². The minimum Gasteiger partial charge on any atom is -0.366 e. The lowest BCUT2D eigenvalue weighted by atomic mass is 9.94. The third-order valence-electron chi connectivity index (χ3n) is 3.68. The molecule has 0 saturated carbocycles. The first-order chi connectivity index (χ1) is 8.63. The molecule has 98 valence electrons. The van der Waals surface area contributed by atoms with Crippen LogP contribution in [0, 0.1) is 16.0 Å². The van der Waals surface area contributed by atoms with Gasteiger partial charge in [0.15, 0.2) is 0 Å². The van der Waals surface area contributed by atoms with E-state index in [-0.39, 0.29) is 15.6 Å². The monoisotopic (exact) mass is 268 g/mol. The maximum Gasteiger partial charge on any atom is 0.310 e. The second-order valence-electron chi connectivity index (χ2n) is 4.70. The summed E-state index contributed by atoms with van der Waals surface area (Å²) in [5.74, 6) is 0.750. The molecule has 0 N–H and O–H groups in total. The van der Waals surface area contributed by atoms with Crippen molar-refractivity contribution < 1.29 is 4.92 Å². The Morgan fingerprint density at radius 1 is 1.44 bits per heavy atom. The Kier molecular flexibility index (Phi) is 4.07. The van der Waals surface area contributed by atoms with Gasteiger partial charge in [0.1, 0.15) is 10.7 Å². The highest BCUT2D eigenvalue weighted by Gasteiger charge is 2.26. The zero-order chi connectivity index (χ0) is 13.1. The molecule has 0 amide bonds. The molecule has 1 aromatic rings. The van der Waals surface area contributed by atoms with E-state index in [1.165, 1.54) is 6.42 Å². The molecular formula is C13H17ClN2O2. The van der Waals surface area contributed by atoms with Gasteiger partial charge in [0, 0.05) is 13.1 Å². The molecule has 4 nitrogen and oxygen atoms in total. The number of nitro groups is 1. The maximum atomic E-state index is 11.1. The van der Waals surface area contributed by atoms with Crippen molar-refractivity contribution >= 4 is 23.0 Å². The summed E-state index contributed by atoms with van der Waals surface area (Å²) in [5, 5.41) is 11.3. The molecule has 0 spiro atoms. The quantitative estimate of drug-likeness (QED) is 0.617. The van der Waals surface area contributed by atoms with Crippen molar-refractivity contribution in [1.82, 2.24) is 0 Å². The highest BCUT2D eigenvalue weighted by molar-refractivity contribution is 6.33. The van der Waals surface area contributed by atoms with Crippen LogP contribution < -0.4 is 4.90 Å². The lowest BCUT2D eigenvalue weighted by molar-refractivity contribution is -0.384. The van der Waals surface area contributed by atoms with Crippen LogP contribution in [0.3, 0.4) is 0 Å². The first-order valence-corrected chi connectivity index (χ1v) is 6.69. The van der Waals surface area contributed by atoms with Gasteiger partial charge < -0.3 is 4.90 Å². The Hall–Kier alpha value is -1.29. The predicted molar refractivity (Wildman–Crippen MR) is 73.3 cm³/mol. The number of hydrogen-bond donors (Lipinski definition) is 0. The molecule has 0 atom stereocenters. The average Bonchev–Trinajstić information content (AvgIpc) is 2.38. The van der Waals surface area contributed by atoms with Crippen LogP contribution in [-0.2, 0) is 0 Å². The minimum atomic E-state index is -0.385. The standard InChI is InChI=1S/C13H17ClN2O2/c1-2-10-6-8-15(9-7-10)12-5-3-4-11(14)13(12)16(17)18/h3-5,10H,2,6-9H2,1H3. The van der Waals surface area contributed by atoms with Gasteiger partial charge in [-0.25, -0.2) is 0 Å². The number of nitro benzene ring substituents is 1. The molecule has 1 fully saturated rings. The molecule has 1 saturated heterocycles. The molecule has 0 radical (unpaired) electrons. The summed E-state index contributed by atoms with van der Waals surface area (Å²) in [6.45, 7) is 3.95. The molecule has 1 heterocycles. The summed E-state index contributed by atoms with van der Waals surface area (Å²) in [5.41, 5.74) is 0.691. The van der Waals surface area contributed by atoms with E-state index in [1.54, 1.807) is 18.2 Å². The molecule has 0 aliphatic carbocycles. The fraction of sp³-hybridized carbons (Fsp3) is 0.538. The molecule has 5 heteroatoms. The third kappa shape index (κ3) is 2.58. The Morgan fingerprint density at radius 3 is 2.67 bits per heavy atom. The molecule has 0 bridgehead atoms. The summed E-state index contributed by atoms with van der Waals surface area (Å²) < 4.78 is 0. The van der Waals surface area contributed by atoms with E-state index in [2.05, 4.69) is 11.8 Å². The molecule has 0 unspecified atom stereocenters. The van der Waals surface area contributed by atoms with Gasteiger partial charge in [0.2, 0.25) is 0 Å². The largest absolute Gasteiger partial charge is 0.366 e. The molecule has 0 aromatic heterocycles. The zero-order valence-corrected chi connectivity index (χ0v) is 11.2. The summed E-state index contributed by atoms with van der Waals surface area (Å²) in [6.07, 6.45) is 3.38. The Labute approximate surface area is 112 Å². The van der Waals surface area contributed by atoms with Crippen LogP contribution in [0.1, 0.15) is 26.2 Å². The second-order valence-corrected chi connectivity index (χ2v) is 5.11. The Bertz CT molecular complexity index is 443. The second kappa shape index (κ2) is 5.57. The van der Waals surface area contributed by atoms with Gasteiger partial charge >= 0.3 is 5.69 Å². The number of anilines is 1. The average molecular weight is 269 g/mol. The molecule has 18 heavy (non-hydrogen) atoms.